The molecule has 0 aliphatic rings. The lowest BCUT2D eigenvalue weighted by molar-refractivity contribution is -0.144. The van der Waals surface area contributed by atoms with Crippen LogP contribution in [0.1, 0.15) is 32.0 Å². The van der Waals surface area contributed by atoms with Crippen molar-refractivity contribution in [3.05, 3.63) is 24.4 Å². The third-order valence-electron chi connectivity index (χ3n) is 2.38. The van der Waals surface area contributed by atoms with E-state index in [9.17, 15) is 4.79 Å². The fourth-order valence-electron chi connectivity index (χ4n) is 1.63. The summed E-state index contributed by atoms with van der Waals surface area (Å²) in [7, 11) is 0. The van der Waals surface area contributed by atoms with Crippen molar-refractivity contribution in [1.29, 1.82) is 0 Å². The van der Waals surface area contributed by atoms with Crippen molar-refractivity contribution in [2.45, 2.75) is 33.2 Å². The quantitative estimate of drug-likeness (QED) is 0.500. The summed E-state index contributed by atoms with van der Waals surface area (Å²) in [5.41, 5.74) is 0. The highest BCUT2D eigenvalue weighted by Gasteiger charge is 2.14. The van der Waals surface area contributed by atoms with Gasteiger partial charge in [-0.05, 0) is 13.3 Å². The first kappa shape index (κ1) is 15.4. The molecule has 1 rings (SSSR count). The van der Waals surface area contributed by atoms with E-state index in [1.165, 1.54) is 0 Å². The number of aryl methyl sites for hydroxylation is 1. The van der Waals surface area contributed by atoms with Gasteiger partial charge in [0.15, 0.2) is 5.82 Å². The highest BCUT2D eigenvalue weighted by atomic mass is 16.5. The lowest BCUT2D eigenvalue weighted by Crippen LogP contribution is -2.31. The maximum atomic E-state index is 11.5. The maximum Gasteiger partial charge on any atom is 0.320 e. The largest absolute Gasteiger partial charge is 0.465 e. The minimum absolute atomic E-state index is 0.192. The van der Waals surface area contributed by atoms with E-state index in [1.54, 1.807) is 13.0 Å². The Morgan fingerprint density at radius 2 is 2.32 bits per heavy atom. The molecule has 0 unspecified atom stereocenters. The Kier molecular flexibility index (Phi) is 6.81. The van der Waals surface area contributed by atoms with Crippen LogP contribution in [-0.4, -0.2) is 40.7 Å². The number of nitrogens with zero attached hydrogens (tertiary/aromatic N) is 3. The number of carbonyl (C=O) groups is 1. The van der Waals surface area contributed by atoms with Crippen LogP contribution in [0.15, 0.2) is 17.2 Å². The molecule has 0 fully saturated rings. The molecule has 6 heteroatoms. The van der Waals surface area contributed by atoms with Crippen LogP contribution in [0.5, 0.6) is 0 Å². The highest BCUT2D eigenvalue weighted by Crippen LogP contribution is 2.04. The van der Waals surface area contributed by atoms with Crippen molar-refractivity contribution in [3.63, 3.8) is 0 Å². The molecular formula is C13H21N3O3. The van der Waals surface area contributed by atoms with Gasteiger partial charge in [-0.15, -0.1) is 6.58 Å². The average molecular weight is 267 g/mol. The van der Waals surface area contributed by atoms with Crippen molar-refractivity contribution < 1.29 is 14.1 Å². The van der Waals surface area contributed by atoms with Crippen LogP contribution in [0, 0.1) is 0 Å². The minimum Gasteiger partial charge on any atom is -0.465 e. The van der Waals surface area contributed by atoms with Crippen LogP contribution in [0.3, 0.4) is 0 Å². The van der Waals surface area contributed by atoms with Gasteiger partial charge in [-0.25, -0.2) is 0 Å². The van der Waals surface area contributed by atoms with Gasteiger partial charge in [-0.1, -0.05) is 18.2 Å². The van der Waals surface area contributed by atoms with Crippen LogP contribution < -0.4 is 0 Å². The van der Waals surface area contributed by atoms with Crippen LogP contribution in [0.2, 0.25) is 0 Å². The Morgan fingerprint density at radius 1 is 1.53 bits per heavy atom. The van der Waals surface area contributed by atoms with Gasteiger partial charge in [0.2, 0.25) is 5.89 Å². The summed E-state index contributed by atoms with van der Waals surface area (Å²) in [6.07, 6.45) is 3.46. The molecule has 0 aromatic carbocycles. The molecule has 0 atom stereocenters. The van der Waals surface area contributed by atoms with Gasteiger partial charge in [0.25, 0.3) is 0 Å². The second kappa shape index (κ2) is 8.42. The van der Waals surface area contributed by atoms with Gasteiger partial charge < -0.3 is 9.26 Å². The smallest absolute Gasteiger partial charge is 0.320 e. The monoisotopic (exact) mass is 267 g/mol. The second-order valence-corrected chi connectivity index (χ2v) is 4.12. The molecule has 0 spiro atoms. The molecule has 0 N–H and O–H groups in total. The van der Waals surface area contributed by atoms with Gasteiger partial charge in [-0.3, -0.25) is 9.69 Å². The summed E-state index contributed by atoms with van der Waals surface area (Å²) in [6.45, 7) is 9.08. The first-order chi connectivity index (χ1) is 9.19. The number of ether oxygens (including phenoxy) is 1. The van der Waals surface area contributed by atoms with Crippen molar-refractivity contribution in [3.8, 4) is 0 Å². The van der Waals surface area contributed by atoms with E-state index in [2.05, 4.69) is 23.6 Å². The van der Waals surface area contributed by atoms with Gasteiger partial charge >= 0.3 is 5.97 Å². The Morgan fingerprint density at radius 3 is 2.95 bits per heavy atom. The Balaban J connectivity index is 2.55. The van der Waals surface area contributed by atoms with Crippen molar-refractivity contribution >= 4 is 5.97 Å². The maximum absolute atomic E-state index is 11.5. The molecular weight excluding hydrogens is 246 g/mol. The number of rotatable bonds is 9. The Bertz CT molecular complexity index is 404. The Labute approximate surface area is 113 Å². The lowest BCUT2D eigenvalue weighted by atomic mass is 10.3. The zero-order chi connectivity index (χ0) is 14.1. The Hall–Kier alpha value is -1.69. The molecule has 0 saturated heterocycles. The van der Waals surface area contributed by atoms with Crippen LogP contribution in [-0.2, 0) is 22.5 Å². The van der Waals surface area contributed by atoms with E-state index in [4.69, 9.17) is 9.26 Å². The van der Waals surface area contributed by atoms with E-state index in [0.717, 1.165) is 12.8 Å². The SMILES string of the molecule is C=CCN(CC(=O)OCC)Cc1noc(CCC)n1. The number of carbonyl (C=O) groups excluding carboxylic acids is 1. The van der Waals surface area contributed by atoms with E-state index >= 15 is 0 Å². The second-order valence-electron chi connectivity index (χ2n) is 4.12. The van der Waals surface area contributed by atoms with Gasteiger partial charge in [0.1, 0.15) is 0 Å². The topological polar surface area (TPSA) is 68.5 Å². The third-order valence-corrected chi connectivity index (χ3v) is 2.38. The molecule has 0 aliphatic carbocycles. The predicted molar refractivity (Wildman–Crippen MR) is 70.4 cm³/mol. The summed E-state index contributed by atoms with van der Waals surface area (Å²) < 4.78 is 10.0. The lowest BCUT2D eigenvalue weighted by Gasteiger charge is -2.17. The highest BCUT2D eigenvalue weighted by molar-refractivity contribution is 5.71. The molecule has 6 nitrogen and oxygen atoms in total. The van der Waals surface area contributed by atoms with E-state index in [-0.39, 0.29) is 12.5 Å². The normalized spacial score (nSPS) is 10.7. The minimum atomic E-state index is -0.262. The summed E-state index contributed by atoms with van der Waals surface area (Å²) in [4.78, 5) is 17.6. The molecule has 0 bridgehead atoms. The zero-order valence-corrected chi connectivity index (χ0v) is 11.6. The predicted octanol–water partition coefficient (Wildman–Crippen LogP) is 1.57. The summed E-state index contributed by atoms with van der Waals surface area (Å²) in [6, 6.07) is 0. The molecule has 0 radical (unpaired) electrons. The molecule has 1 aromatic heterocycles. The van der Waals surface area contributed by atoms with Crippen LogP contribution in [0.25, 0.3) is 0 Å². The molecule has 0 saturated carbocycles. The summed E-state index contributed by atoms with van der Waals surface area (Å²) in [5, 5.41) is 3.90. The summed E-state index contributed by atoms with van der Waals surface area (Å²) in [5.74, 6) is 0.948. The van der Waals surface area contributed by atoms with Crippen molar-refractivity contribution in [1.82, 2.24) is 15.0 Å². The fraction of sp³-hybridized carbons (Fsp3) is 0.615. The van der Waals surface area contributed by atoms with E-state index < -0.39 is 0 Å². The molecule has 19 heavy (non-hydrogen) atoms. The van der Waals surface area contributed by atoms with Crippen LogP contribution in [0.4, 0.5) is 0 Å². The number of aromatic nitrogens is 2. The standard InChI is InChI=1S/C13H21N3O3/c1-4-7-12-14-11(15-19-12)9-16(8-5-2)10-13(17)18-6-3/h5H,2,4,6-10H2,1,3H3. The molecule has 0 aliphatic heterocycles. The molecule has 106 valence electrons. The average Bonchev–Trinajstić information content (AvgIpc) is 2.77. The summed E-state index contributed by atoms with van der Waals surface area (Å²) >= 11 is 0. The number of hydrogen-bond acceptors (Lipinski definition) is 6. The third kappa shape index (κ3) is 5.65. The first-order valence-corrected chi connectivity index (χ1v) is 6.49. The fourth-order valence-corrected chi connectivity index (χ4v) is 1.63. The number of esters is 1. The van der Waals surface area contributed by atoms with E-state index in [0.29, 0.717) is 31.4 Å². The van der Waals surface area contributed by atoms with Crippen molar-refractivity contribution in [2.24, 2.45) is 0 Å². The molecule has 1 heterocycles. The zero-order valence-electron chi connectivity index (χ0n) is 11.6. The van der Waals surface area contributed by atoms with Crippen molar-refractivity contribution in [2.75, 3.05) is 19.7 Å². The number of hydrogen-bond donors (Lipinski definition) is 0. The first-order valence-electron chi connectivity index (χ1n) is 6.49. The van der Waals surface area contributed by atoms with E-state index in [1.807, 2.05) is 4.90 Å². The van der Waals surface area contributed by atoms with Gasteiger partial charge in [-0.2, -0.15) is 4.98 Å². The van der Waals surface area contributed by atoms with Crippen LogP contribution >= 0.6 is 0 Å². The van der Waals surface area contributed by atoms with Gasteiger partial charge in [0.05, 0.1) is 19.7 Å². The molecule has 0 amide bonds. The molecule has 1 aromatic rings. The van der Waals surface area contributed by atoms with Gasteiger partial charge in [0, 0.05) is 13.0 Å².